The monoisotopic (exact) mass is 101 g/mol. The maximum absolute atomic E-state index is 2.36. The van der Waals surface area contributed by atoms with Crippen LogP contribution in [0.1, 0.15) is 19.3 Å². The molecule has 2 rings (SSSR count). The number of rotatable bonds is 0. The Morgan fingerprint density at radius 1 is 1.00 bits per heavy atom. The van der Waals surface area contributed by atoms with E-state index in [1.54, 1.807) is 0 Å². The average molecular weight is 101 g/mol. The van der Waals surface area contributed by atoms with E-state index in [1.807, 2.05) is 0 Å². The van der Waals surface area contributed by atoms with Crippen molar-refractivity contribution in [3.05, 3.63) is 0 Å². The van der Waals surface area contributed by atoms with E-state index in [0.717, 1.165) is 11.6 Å². The topological polar surface area (TPSA) is 0 Å². The molecule has 0 spiro atoms. The second kappa shape index (κ2) is 1.86. The zero-order chi connectivity index (χ0) is 5.40. The molecule has 0 aromatic carbocycles. The number of hydrogen-bond acceptors (Lipinski definition) is 0. The van der Waals surface area contributed by atoms with Gasteiger partial charge in [-0.25, -0.2) is 0 Å². The van der Waals surface area contributed by atoms with Crippen LogP contribution in [0.15, 0.2) is 0 Å². The highest BCUT2D eigenvalue weighted by molar-refractivity contribution is 7.32. The van der Waals surface area contributed by atoms with Gasteiger partial charge in [-0.15, -0.1) is 0 Å². The highest BCUT2D eigenvalue weighted by Gasteiger charge is 2.31. The fourth-order valence-corrected chi connectivity index (χ4v) is 1.84. The number of hydrogen-bond donors (Lipinski definition) is 0. The Morgan fingerprint density at radius 3 is 2.25 bits per heavy atom. The van der Waals surface area contributed by atoms with E-state index in [-0.39, 0.29) is 0 Å². The largest absolute Gasteiger partial charge is 0.0831 e. The molecule has 1 aliphatic heterocycles. The first-order valence-electron chi connectivity index (χ1n) is 3.48. The predicted octanol–water partition coefficient (Wildman–Crippen LogP) is 0.703. The van der Waals surface area contributed by atoms with Crippen molar-refractivity contribution >= 4 is 21.4 Å². The molecule has 1 saturated carbocycles. The van der Waals surface area contributed by atoms with Gasteiger partial charge in [-0.2, -0.15) is 0 Å². The third-order valence-electron chi connectivity index (χ3n) is 2.34. The van der Waals surface area contributed by atoms with Gasteiger partial charge in [-0.05, 0) is 0 Å². The van der Waals surface area contributed by atoms with Gasteiger partial charge < -0.3 is 0 Å². The van der Waals surface area contributed by atoms with Gasteiger partial charge in [0.15, 0.2) is 0 Å². The summed E-state index contributed by atoms with van der Waals surface area (Å²) in [5.41, 5.74) is 0. The molecule has 3 heteroatoms. The van der Waals surface area contributed by atoms with Crippen LogP contribution in [0.25, 0.3) is 0 Å². The van der Waals surface area contributed by atoms with Crippen LogP contribution in [0.3, 0.4) is 0 Å². The van der Waals surface area contributed by atoms with Gasteiger partial charge >= 0.3 is 0 Å². The van der Waals surface area contributed by atoms with Gasteiger partial charge in [-0.1, -0.05) is 30.9 Å². The molecule has 0 N–H and O–H groups in total. The van der Waals surface area contributed by atoms with E-state index in [4.69, 9.17) is 0 Å². The minimum Gasteiger partial charge on any atom is -0.0831 e. The van der Waals surface area contributed by atoms with Crippen molar-refractivity contribution in [2.75, 3.05) is 0 Å². The van der Waals surface area contributed by atoms with E-state index in [2.05, 4.69) is 21.4 Å². The zero-order valence-electron chi connectivity index (χ0n) is 5.01. The second-order valence-electron chi connectivity index (χ2n) is 2.84. The molecule has 0 aromatic heterocycles. The molecule has 2 fully saturated rings. The van der Waals surface area contributed by atoms with Crippen LogP contribution >= 0.6 is 0 Å². The first-order chi connectivity index (χ1) is 3.97. The lowest BCUT2D eigenvalue weighted by atomic mass is 9.24. The van der Waals surface area contributed by atoms with Gasteiger partial charge in [0.05, 0.1) is 14.3 Å². The Labute approximate surface area is 53.1 Å². The highest BCUT2D eigenvalue weighted by Crippen LogP contribution is 2.42. The summed E-state index contributed by atoms with van der Waals surface area (Å²) in [6.07, 6.45) is 4.34. The summed E-state index contributed by atoms with van der Waals surface area (Å²) in [6, 6.07) is 0. The molecule has 1 aliphatic carbocycles. The van der Waals surface area contributed by atoms with Crippen LogP contribution < -0.4 is 0 Å². The zero-order valence-corrected chi connectivity index (χ0v) is 5.01. The fraction of sp³-hybridized carbons (Fsp3) is 1.00. The van der Waals surface area contributed by atoms with Gasteiger partial charge in [0.2, 0.25) is 0 Å². The van der Waals surface area contributed by atoms with Crippen LogP contribution in [0, 0.1) is 0 Å². The molecule has 1 heterocycles. The summed E-state index contributed by atoms with van der Waals surface area (Å²) >= 11 is 0. The van der Waals surface area contributed by atoms with Crippen LogP contribution in [0.5, 0.6) is 0 Å². The summed E-state index contributed by atoms with van der Waals surface area (Å²) in [5, 5.41) is 0. The van der Waals surface area contributed by atoms with Crippen molar-refractivity contribution in [3.8, 4) is 0 Å². The maximum Gasteiger partial charge on any atom is 0.0589 e. The highest BCUT2D eigenvalue weighted by atomic mass is 14.2. The predicted molar refractivity (Wildman–Crippen MR) is 38.6 cm³/mol. The molecule has 0 aromatic rings. The standard InChI is InChI=1S/C5H8B3/c1-2-4-5(3-1)7-8-6-4/h4-5H,1-3H2. The Kier molecular flexibility index (Phi) is 1.16. The second-order valence-corrected chi connectivity index (χ2v) is 2.84. The molecule has 0 nitrogen and oxygen atoms in total. The Balaban J connectivity index is 2.04. The quantitative estimate of drug-likeness (QED) is 0.393. The molecule has 2 aliphatic rings. The molecule has 1 saturated heterocycles. The Bertz CT molecular complexity index is 73.7. The minimum atomic E-state index is 0.940. The summed E-state index contributed by atoms with van der Waals surface area (Å²) in [6.45, 7) is 0. The summed E-state index contributed by atoms with van der Waals surface area (Å²) in [7, 11) is 6.95. The van der Waals surface area contributed by atoms with Crippen molar-refractivity contribution < 1.29 is 0 Å². The summed E-state index contributed by atoms with van der Waals surface area (Å²) in [4.78, 5) is 0. The molecule has 0 amide bonds. The Morgan fingerprint density at radius 2 is 1.62 bits per heavy atom. The lowest BCUT2D eigenvalue weighted by Gasteiger charge is -2.06. The molecular formula is C5H8B3. The minimum absolute atomic E-state index is 0.940. The van der Waals surface area contributed by atoms with Gasteiger partial charge in [0, 0.05) is 7.06 Å². The van der Waals surface area contributed by atoms with Crippen LogP contribution in [0.2, 0.25) is 11.6 Å². The lowest BCUT2D eigenvalue weighted by molar-refractivity contribution is 0.875. The van der Waals surface area contributed by atoms with Crippen molar-refractivity contribution in [2.45, 2.75) is 30.9 Å². The van der Waals surface area contributed by atoms with Crippen molar-refractivity contribution in [1.29, 1.82) is 0 Å². The van der Waals surface area contributed by atoms with Gasteiger partial charge in [0.1, 0.15) is 0 Å². The molecule has 2 atom stereocenters. The Hall–Kier alpha value is 0.195. The van der Waals surface area contributed by atoms with E-state index in [1.165, 1.54) is 19.3 Å². The maximum atomic E-state index is 2.36. The molecule has 3 radical (unpaired) electrons. The molecule has 2 unspecified atom stereocenters. The van der Waals surface area contributed by atoms with Crippen LogP contribution in [-0.4, -0.2) is 21.4 Å². The van der Waals surface area contributed by atoms with Gasteiger partial charge in [0.25, 0.3) is 0 Å². The molecule has 37 valence electrons. The SMILES string of the molecule is [B]1[B]C2CCCC2[B]1. The van der Waals surface area contributed by atoms with Crippen LogP contribution in [0.4, 0.5) is 0 Å². The average Bonchev–Trinajstić information content (AvgIpc) is 2.15. The number of fused-ring (bicyclic) bond motifs is 1. The van der Waals surface area contributed by atoms with E-state index >= 15 is 0 Å². The van der Waals surface area contributed by atoms with Crippen molar-refractivity contribution in [1.82, 2.24) is 0 Å². The third-order valence-corrected chi connectivity index (χ3v) is 2.34. The molecular weight excluding hydrogens is 92.5 g/mol. The summed E-state index contributed by atoms with van der Waals surface area (Å²) < 4.78 is 0. The van der Waals surface area contributed by atoms with E-state index in [0.29, 0.717) is 0 Å². The summed E-state index contributed by atoms with van der Waals surface area (Å²) in [5.74, 6) is 1.88. The van der Waals surface area contributed by atoms with Gasteiger partial charge in [-0.3, -0.25) is 0 Å². The van der Waals surface area contributed by atoms with Crippen LogP contribution in [-0.2, 0) is 0 Å². The lowest BCUT2D eigenvalue weighted by Crippen LogP contribution is -2.02. The molecule has 0 bridgehead atoms. The first-order valence-corrected chi connectivity index (χ1v) is 3.48. The fourth-order valence-electron chi connectivity index (χ4n) is 1.84. The third kappa shape index (κ3) is 0.637. The normalized spacial score (nSPS) is 42.0. The smallest absolute Gasteiger partial charge is 0.0589 e. The molecule has 8 heavy (non-hydrogen) atoms. The van der Waals surface area contributed by atoms with Crippen molar-refractivity contribution in [2.24, 2.45) is 0 Å². The van der Waals surface area contributed by atoms with Crippen molar-refractivity contribution in [3.63, 3.8) is 0 Å². The van der Waals surface area contributed by atoms with E-state index < -0.39 is 0 Å². The van der Waals surface area contributed by atoms with E-state index in [9.17, 15) is 0 Å². The first kappa shape index (κ1) is 5.02.